The van der Waals surface area contributed by atoms with E-state index < -0.39 is 0 Å². The maximum absolute atomic E-state index is 12.1. The largest absolute Gasteiger partial charge is 0.493 e. The Morgan fingerprint density at radius 3 is 2.53 bits per heavy atom. The molecule has 2 unspecified atom stereocenters. The Morgan fingerprint density at radius 2 is 2.00 bits per heavy atom. The number of rotatable bonds is 4. The van der Waals surface area contributed by atoms with Crippen molar-refractivity contribution < 1.29 is 14.3 Å². The van der Waals surface area contributed by atoms with Gasteiger partial charge in [0.25, 0.3) is 0 Å². The molecule has 0 aromatic heterocycles. The molecule has 0 aliphatic carbocycles. The monoisotopic (exact) mass is 264 g/mol. The van der Waals surface area contributed by atoms with E-state index in [0.29, 0.717) is 24.5 Å². The van der Waals surface area contributed by atoms with Gasteiger partial charge in [0.05, 0.1) is 14.2 Å². The van der Waals surface area contributed by atoms with Gasteiger partial charge in [-0.05, 0) is 25.6 Å². The molecule has 1 aromatic rings. The molecule has 1 aliphatic rings. The number of hydrogen-bond acceptors (Lipinski definition) is 4. The molecule has 1 aliphatic heterocycles. The third-order valence-corrected chi connectivity index (χ3v) is 3.74. The van der Waals surface area contributed by atoms with Gasteiger partial charge in [0.15, 0.2) is 11.5 Å². The summed E-state index contributed by atoms with van der Waals surface area (Å²) >= 11 is 0. The minimum absolute atomic E-state index is 0.107. The van der Waals surface area contributed by atoms with Crippen molar-refractivity contribution in [2.75, 3.05) is 25.7 Å². The summed E-state index contributed by atoms with van der Waals surface area (Å²) in [6.45, 7) is 2.55. The van der Waals surface area contributed by atoms with E-state index in [1.54, 1.807) is 19.1 Å². The van der Waals surface area contributed by atoms with Gasteiger partial charge >= 0.3 is 0 Å². The molecule has 0 bridgehead atoms. The molecule has 2 N–H and O–H groups in total. The van der Waals surface area contributed by atoms with E-state index in [4.69, 9.17) is 15.2 Å². The average molecular weight is 264 g/mol. The molecule has 1 heterocycles. The van der Waals surface area contributed by atoms with Crippen molar-refractivity contribution >= 4 is 11.6 Å². The van der Waals surface area contributed by atoms with Crippen LogP contribution in [0.4, 0.5) is 5.69 Å². The number of benzene rings is 1. The topological polar surface area (TPSA) is 64.8 Å². The lowest BCUT2D eigenvalue weighted by atomic mass is 10.0. The van der Waals surface area contributed by atoms with Crippen molar-refractivity contribution in [3.05, 3.63) is 18.2 Å². The molecule has 1 saturated heterocycles. The molecule has 5 heteroatoms. The molecule has 1 amide bonds. The Labute approximate surface area is 113 Å². The third-order valence-electron chi connectivity index (χ3n) is 3.74. The highest BCUT2D eigenvalue weighted by atomic mass is 16.5. The number of methoxy groups -OCH3 is 2. The van der Waals surface area contributed by atoms with Crippen LogP contribution in [-0.2, 0) is 4.79 Å². The summed E-state index contributed by atoms with van der Waals surface area (Å²) in [4.78, 5) is 13.9. The number of carbonyl (C=O) groups is 1. The van der Waals surface area contributed by atoms with Crippen LogP contribution in [0.1, 0.15) is 13.3 Å². The van der Waals surface area contributed by atoms with Gasteiger partial charge in [-0.3, -0.25) is 4.79 Å². The number of hydrogen-bond donors (Lipinski definition) is 1. The highest BCUT2D eigenvalue weighted by molar-refractivity contribution is 5.96. The minimum Gasteiger partial charge on any atom is -0.493 e. The van der Waals surface area contributed by atoms with Crippen LogP contribution in [-0.4, -0.2) is 32.7 Å². The van der Waals surface area contributed by atoms with Crippen molar-refractivity contribution in [2.24, 2.45) is 11.7 Å². The second-order valence-electron chi connectivity index (χ2n) is 4.74. The zero-order valence-corrected chi connectivity index (χ0v) is 11.6. The first-order valence-electron chi connectivity index (χ1n) is 6.36. The normalized spacial score (nSPS) is 22.7. The number of carbonyl (C=O) groups excluding carboxylic acids is 1. The molecule has 19 heavy (non-hydrogen) atoms. The molecule has 1 fully saturated rings. The number of ether oxygens (including phenoxy) is 2. The number of nitrogens with zero attached hydrogens (tertiary/aromatic N) is 1. The fraction of sp³-hybridized carbons (Fsp3) is 0.500. The molecule has 2 rings (SSSR count). The number of anilines is 1. The van der Waals surface area contributed by atoms with Crippen LogP contribution in [0, 0.1) is 5.92 Å². The molecule has 0 saturated carbocycles. The molecular formula is C14H20N2O3. The molecule has 5 nitrogen and oxygen atoms in total. The summed E-state index contributed by atoms with van der Waals surface area (Å²) in [5.41, 5.74) is 6.53. The maximum Gasteiger partial charge on any atom is 0.227 e. The van der Waals surface area contributed by atoms with Gasteiger partial charge in [-0.25, -0.2) is 0 Å². The summed E-state index contributed by atoms with van der Waals surface area (Å²) in [5.74, 6) is 1.59. The van der Waals surface area contributed by atoms with E-state index in [1.807, 2.05) is 25.1 Å². The zero-order valence-electron chi connectivity index (χ0n) is 11.6. The predicted octanol–water partition coefficient (Wildman–Crippen LogP) is 1.40. The second kappa shape index (κ2) is 5.48. The Balaban J connectivity index is 2.34. The van der Waals surface area contributed by atoms with Gasteiger partial charge in [-0.15, -0.1) is 0 Å². The SMILES string of the molecule is COc1ccc(N2C(=O)CC(CN)C2C)cc1OC. The van der Waals surface area contributed by atoms with Gasteiger partial charge < -0.3 is 20.1 Å². The van der Waals surface area contributed by atoms with Crippen LogP contribution >= 0.6 is 0 Å². The van der Waals surface area contributed by atoms with Gasteiger partial charge in [-0.2, -0.15) is 0 Å². The smallest absolute Gasteiger partial charge is 0.227 e. The predicted molar refractivity (Wildman–Crippen MR) is 73.7 cm³/mol. The summed E-state index contributed by atoms with van der Waals surface area (Å²) in [7, 11) is 3.17. The minimum atomic E-state index is 0.107. The number of nitrogens with two attached hydrogens (primary N) is 1. The number of amides is 1. The summed E-state index contributed by atoms with van der Waals surface area (Å²) in [5, 5.41) is 0. The highest BCUT2D eigenvalue weighted by Gasteiger charge is 2.37. The van der Waals surface area contributed by atoms with E-state index in [1.165, 1.54) is 0 Å². The molecular weight excluding hydrogens is 244 g/mol. The lowest BCUT2D eigenvalue weighted by molar-refractivity contribution is -0.117. The zero-order chi connectivity index (χ0) is 14.0. The van der Waals surface area contributed by atoms with Crippen LogP contribution < -0.4 is 20.1 Å². The fourth-order valence-electron chi connectivity index (χ4n) is 2.57. The molecule has 2 atom stereocenters. The van der Waals surface area contributed by atoms with Gasteiger partial charge in [0, 0.05) is 30.1 Å². The first-order valence-corrected chi connectivity index (χ1v) is 6.36. The van der Waals surface area contributed by atoms with E-state index in [0.717, 1.165) is 5.69 Å². The van der Waals surface area contributed by atoms with E-state index in [-0.39, 0.29) is 17.9 Å². The van der Waals surface area contributed by atoms with Crippen LogP contribution in [0.15, 0.2) is 18.2 Å². The average Bonchev–Trinajstić information content (AvgIpc) is 2.72. The lowest BCUT2D eigenvalue weighted by Crippen LogP contribution is -2.34. The first-order chi connectivity index (χ1) is 9.12. The van der Waals surface area contributed by atoms with Crippen molar-refractivity contribution in [2.45, 2.75) is 19.4 Å². The van der Waals surface area contributed by atoms with Crippen molar-refractivity contribution in [1.82, 2.24) is 0 Å². The second-order valence-corrected chi connectivity index (χ2v) is 4.74. The highest BCUT2D eigenvalue weighted by Crippen LogP contribution is 2.36. The standard InChI is InChI=1S/C14H20N2O3/c1-9-10(8-15)6-14(17)16(9)11-4-5-12(18-2)13(7-11)19-3/h4-5,7,9-10H,6,8,15H2,1-3H3. The van der Waals surface area contributed by atoms with E-state index >= 15 is 0 Å². The quantitative estimate of drug-likeness (QED) is 0.893. The fourth-order valence-corrected chi connectivity index (χ4v) is 2.57. The Kier molecular flexibility index (Phi) is 3.95. The van der Waals surface area contributed by atoms with Crippen molar-refractivity contribution in [3.63, 3.8) is 0 Å². The molecule has 0 radical (unpaired) electrons. The summed E-state index contributed by atoms with van der Waals surface area (Å²) in [6.07, 6.45) is 0.506. The van der Waals surface area contributed by atoms with Crippen LogP contribution in [0.25, 0.3) is 0 Å². The summed E-state index contributed by atoms with van der Waals surface area (Å²) < 4.78 is 10.5. The van der Waals surface area contributed by atoms with Crippen LogP contribution in [0.5, 0.6) is 11.5 Å². The molecule has 0 spiro atoms. The maximum atomic E-state index is 12.1. The lowest BCUT2D eigenvalue weighted by Gasteiger charge is -2.25. The van der Waals surface area contributed by atoms with Gasteiger partial charge in [0.1, 0.15) is 0 Å². The van der Waals surface area contributed by atoms with Crippen LogP contribution in [0.3, 0.4) is 0 Å². The van der Waals surface area contributed by atoms with Gasteiger partial charge in [-0.1, -0.05) is 0 Å². The van der Waals surface area contributed by atoms with Crippen LogP contribution in [0.2, 0.25) is 0 Å². The first kappa shape index (κ1) is 13.7. The third kappa shape index (κ3) is 2.38. The van der Waals surface area contributed by atoms with Crippen molar-refractivity contribution in [3.8, 4) is 11.5 Å². The summed E-state index contributed by atoms with van der Waals surface area (Å²) in [6, 6.07) is 5.61. The Morgan fingerprint density at radius 1 is 1.32 bits per heavy atom. The molecule has 1 aromatic carbocycles. The molecule has 104 valence electrons. The van der Waals surface area contributed by atoms with Crippen molar-refractivity contribution in [1.29, 1.82) is 0 Å². The Bertz CT molecular complexity index is 476. The van der Waals surface area contributed by atoms with E-state index in [9.17, 15) is 4.79 Å². The van der Waals surface area contributed by atoms with E-state index in [2.05, 4.69) is 0 Å². The Hall–Kier alpha value is -1.75. The van der Waals surface area contributed by atoms with Gasteiger partial charge in [0.2, 0.25) is 5.91 Å².